The second kappa shape index (κ2) is 6.95. The second-order valence-electron chi connectivity index (χ2n) is 9.16. The quantitative estimate of drug-likeness (QED) is 0.725. The standard InChI is InChI=1S/C24H31NOS/c1-16-9-11-18(12-10-16)27-20-8-6-5-7-17(20)15-25-21-19-13-14-24(4,22(21)26)23(19,2)3/h5-12,19,21-22,25-26H,13-15H2,1-4H3/t19-,21-,22-,24+/m1/s1. The van der Waals surface area contributed by atoms with E-state index in [1.165, 1.54) is 27.3 Å². The molecule has 0 amide bonds. The van der Waals surface area contributed by atoms with Crippen molar-refractivity contribution in [2.75, 3.05) is 0 Å². The lowest BCUT2D eigenvalue weighted by Crippen LogP contribution is -2.46. The predicted octanol–water partition coefficient (Wildman–Crippen LogP) is 5.42. The second-order valence-corrected chi connectivity index (χ2v) is 10.3. The van der Waals surface area contributed by atoms with E-state index in [-0.39, 0.29) is 23.0 Å². The summed E-state index contributed by atoms with van der Waals surface area (Å²) < 4.78 is 0. The summed E-state index contributed by atoms with van der Waals surface area (Å²) in [4.78, 5) is 2.55. The Hall–Kier alpha value is -1.29. The first kappa shape index (κ1) is 19.0. The number of aliphatic hydroxyl groups excluding tert-OH is 1. The number of rotatable bonds is 5. The molecule has 144 valence electrons. The molecular formula is C24H31NOS. The Bertz CT molecular complexity index is 815. The zero-order valence-corrected chi connectivity index (χ0v) is 17.6. The summed E-state index contributed by atoms with van der Waals surface area (Å²) in [5, 5.41) is 14.7. The van der Waals surface area contributed by atoms with E-state index in [9.17, 15) is 5.11 Å². The molecule has 2 aromatic carbocycles. The van der Waals surface area contributed by atoms with Crippen LogP contribution in [-0.4, -0.2) is 17.3 Å². The van der Waals surface area contributed by atoms with Crippen LogP contribution < -0.4 is 5.32 Å². The van der Waals surface area contributed by atoms with Crippen LogP contribution in [0.15, 0.2) is 58.3 Å². The van der Waals surface area contributed by atoms with Gasteiger partial charge in [-0.3, -0.25) is 0 Å². The number of hydrogen-bond acceptors (Lipinski definition) is 3. The van der Waals surface area contributed by atoms with Crippen molar-refractivity contribution < 1.29 is 5.11 Å². The van der Waals surface area contributed by atoms with Crippen LogP contribution in [0.5, 0.6) is 0 Å². The van der Waals surface area contributed by atoms with Gasteiger partial charge in [0.15, 0.2) is 0 Å². The molecule has 0 aliphatic heterocycles. The minimum atomic E-state index is -0.261. The summed E-state index contributed by atoms with van der Waals surface area (Å²) in [7, 11) is 0. The van der Waals surface area contributed by atoms with Crippen molar-refractivity contribution in [3.8, 4) is 0 Å². The molecule has 2 aromatic rings. The molecule has 3 heteroatoms. The lowest BCUT2D eigenvalue weighted by Gasteiger charge is -2.37. The summed E-state index contributed by atoms with van der Waals surface area (Å²) in [6.07, 6.45) is 2.10. The normalized spacial score (nSPS) is 31.4. The van der Waals surface area contributed by atoms with E-state index in [4.69, 9.17) is 0 Å². The first-order valence-corrected chi connectivity index (χ1v) is 10.9. The number of hydrogen-bond donors (Lipinski definition) is 2. The average molecular weight is 382 g/mol. The number of nitrogens with one attached hydrogen (secondary N) is 1. The van der Waals surface area contributed by atoms with Crippen molar-refractivity contribution in [3.05, 3.63) is 59.7 Å². The fraction of sp³-hybridized carbons (Fsp3) is 0.500. The third-order valence-corrected chi connectivity index (χ3v) is 8.68. The third-order valence-electron chi connectivity index (χ3n) is 7.55. The third kappa shape index (κ3) is 3.14. The molecular weight excluding hydrogens is 350 g/mol. The molecule has 2 nitrogen and oxygen atoms in total. The Kier molecular flexibility index (Phi) is 4.90. The van der Waals surface area contributed by atoms with E-state index >= 15 is 0 Å². The van der Waals surface area contributed by atoms with Crippen LogP contribution in [0.25, 0.3) is 0 Å². The minimum Gasteiger partial charge on any atom is -0.391 e. The fourth-order valence-electron chi connectivity index (χ4n) is 5.30. The van der Waals surface area contributed by atoms with Crippen molar-refractivity contribution in [1.29, 1.82) is 0 Å². The van der Waals surface area contributed by atoms with Crippen LogP contribution in [-0.2, 0) is 6.54 Å². The SMILES string of the molecule is Cc1ccc(Sc2ccccc2CN[C@@H]2[C@H]3CC[C@@](C)([C@@H]2O)C3(C)C)cc1. The Morgan fingerprint density at radius 1 is 1.07 bits per heavy atom. The van der Waals surface area contributed by atoms with Gasteiger partial charge in [-0.15, -0.1) is 0 Å². The topological polar surface area (TPSA) is 32.3 Å². The maximum absolute atomic E-state index is 11.0. The monoisotopic (exact) mass is 381 g/mol. The van der Waals surface area contributed by atoms with Crippen LogP contribution in [0.2, 0.25) is 0 Å². The van der Waals surface area contributed by atoms with Gasteiger partial charge in [0.1, 0.15) is 0 Å². The Labute approximate surface area is 167 Å². The van der Waals surface area contributed by atoms with Gasteiger partial charge in [-0.1, -0.05) is 68.4 Å². The van der Waals surface area contributed by atoms with Crippen LogP contribution >= 0.6 is 11.8 Å². The number of aryl methyl sites for hydroxylation is 1. The summed E-state index contributed by atoms with van der Waals surface area (Å²) in [6.45, 7) is 9.89. The highest BCUT2D eigenvalue weighted by molar-refractivity contribution is 7.99. The number of aliphatic hydroxyl groups is 1. The van der Waals surface area contributed by atoms with Gasteiger partial charge >= 0.3 is 0 Å². The Balaban J connectivity index is 1.49. The van der Waals surface area contributed by atoms with E-state index in [1.807, 2.05) is 11.8 Å². The average Bonchev–Trinajstić information content (AvgIpc) is 2.96. The molecule has 0 radical (unpaired) electrons. The molecule has 2 N–H and O–H groups in total. The van der Waals surface area contributed by atoms with Gasteiger partial charge in [0.25, 0.3) is 0 Å². The Morgan fingerprint density at radius 3 is 2.44 bits per heavy atom. The van der Waals surface area contributed by atoms with E-state index in [0.717, 1.165) is 13.0 Å². The molecule has 4 rings (SSSR count). The zero-order valence-electron chi connectivity index (χ0n) is 16.8. The van der Waals surface area contributed by atoms with Crippen LogP contribution in [0.3, 0.4) is 0 Å². The molecule has 2 aliphatic rings. The van der Waals surface area contributed by atoms with Gasteiger partial charge < -0.3 is 10.4 Å². The highest BCUT2D eigenvalue weighted by atomic mass is 32.2. The summed E-state index contributed by atoms with van der Waals surface area (Å²) in [5.74, 6) is 0.550. The largest absolute Gasteiger partial charge is 0.391 e. The van der Waals surface area contributed by atoms with Gasteiger partial charge in [0.2, 0.25) is 0 Å². The highest BCUT2D eigenvalue weighted by Crippen LogP contribution is 2.65. The molecule has 2 saturated carbocycles. The molecule has 27 heavy (non-hydrogen) atoms. The molecule has 4 atom stereocenters. The molecule has 0 unspecified atom stereocenters. The van der Waals surface area contributed by atoms with E-state index in [2.05, 4.69) is 81.5 Å². The molecule has 0 heterocycles. The van der Waals surface area contributed by atoms with E-state index in [1.54, 1.807) is 0 Å². The molecule has 0 aromatic heterocycles. The van der Waals surface area contributed by atoms with E-state index in [0.29, 0.717) is 5.92 Å². The van der Waals surface area contributed by atoms with Crippen LogP contribution in [0, 0.1) is 23.7 Å². The molecule has 2 bridgehead atoms. The summed E-state index contributed by atoms with van der Waals surface area (Å²) in [6, 6.07) is 17.5. The van der Waals surface area contributed by atoms with Gasteiger partial charge in [-0.05, 0) is 54.9 Å². The van der Waals surface area contributed by atoms with E-state index < -0.39 is 0 Å². The molecule has 0 spiro atoms. The molecule has 2 aliphatic carbocycles. The predicted molar refractivity (Wildman–Crippen MR) is 113 cm³/mol. The maximum atomic E-state index is 11.0. The molecule has 0 saturated heterocycles. The fourth-order valence-corrected chi connectivity index (χ4v) is 6.24. The minimum absolute atomic E-state index is 0.0332. The summed E-state index contributed by atoms with van der Waals surface area (Å²) >= 11 is 1.82. The smallest absolute Gasteiger partial charge is 0.0754 e. The maximum Gasteiger partial charge on any atom is 0.0754 e. The van der Waals surface area contributed by atoms with Crippen LogP contribution in [0.4, 0.5) is 0 Å². The number of benzene rings is 2. The highest BCUT2D eigenvalue weighted by Gasteiger charge is 2.65. The first-order chi connectivity index (χ1) is 12.8. The van der Waals surface area contributed by atoms with Crippen molar-refractivity contribution in [3.63, 3.8) is 0 Å². The summed E-state index contributed by atoms with van der Waals surface area (Å²) in [5.41, 5.74) is 2.82. The molecule has 2 fully saturated rings. The zero-order chi connectivity index (χ0) is 19.2. The first-order valence-electron chi connectivity index (χ1n) is 10.1. The van der Waals surface area contributed by atoms with Crippen LogP contribution in [0.1, 0.15) is 44.7 Å². The van der Waals surface area contributed by atoms with Crippen molar-refractivity contribution in [2.24, 2.45) is 16.7 Å². The lowest BCUT2D eigenvalue weighted by atomic mass is 9.70. The van der Waals surface area contributed by atoms with Gasteiger partial charge in [0.05, 0.1) is 6.10 Å². The van der Waals surface area contributed by atoms with Crippen molar-refractivity contribution >= 4 is 11.8 Å². The van der Waals surface area contributed by atoms with Gasteiger partial charge in [0, 0.05) is 27.8 Å². The van der Waals surface area contributed by atoms with Crippen molar-refractivity contribution in [1.82, 2.24) is 5.32 Å². The Morgan fingerprint density at radius 2 is 1.78 bits per heavy atom. The number of fused-ring (bicyclic) bond motifs is 2. The van der Waals surface area contributed by atoms with Gasteiger partial charge in [-0.25, -0.2) is 0 Å². The lowest BCUT2D eigenvalue weighted by molar-refractivity contribution is -0.000204. The van der Waals surface area contributed by atoms with Crippen molar-refractivity contribution in [2.45, 2.75) is 69.0 Å². The van der Waals surface area contributed by atoms with Gasteiger partial charge in [-0.2, -0.15) is 0 Å².